The van der Waals surface area contributed by atoms with Crippen LogP contribution in [0, 0.1) is 11.6 Å². The van der Waals surface area contributed by atoms with E-state index < -0.39 is 17.3 Å². The van der Waals surface area contributed by atoms with Crippen LogP contribution in [0.5, 0.6) is 0 Å². The first-order valence-corrected chi connectivity index (χ1v) is 14.5. The number of aliphatic imine (C=N–C) groups is 2. The van der Waals surface area contributed by atoms with Crippen LogP contribution < -0.4 is 34.4 Å². The molecule has 0 aliphatic rings. The van der Waals surface area contributed by atoms with Crippen LogP contribution in [0.4, 0.5) is 8.78 Å². The maximum atomic E-state index is 15.0. The topological polar surface area (TPSA) is 215 Å². The Labute approximate surface area is 264 Å². The molecule has 1 unspecified atom stereocenters. The molecule has 0 saturated carbocycles. The number of hydrogen-bond acceptors (Lipinski definition) is 6. The van der Waals surface area contributed by atoms with Crippen LogP contribution in [-0.2, 0) is 17.8 Å². The van der Waals surface area contributed by atoms with Gasteiger partial charge in [-0.25, -0.2) is 13.6 Å². The minimum Gasteiger partial charge on any atom is -0.377 e. The van der Waals surface area contributed by atoms with Gasteiger partial charge in [-0.1, -0.05) is 17.7 Å². The molecular formula is C30H39ClF2N10O2. The molecule has 0 spiro atoms. The number of hydrogen-bond donors (Lipinski definition) is 6. The maximum Gasteiger partial charge on any atom is 0.354 e. The number of H-pyrrole nitrogens is 1. The first-order chi connectivity index (χ1) is 21.4. The number of ether oxygens (including phenoxy) is 1. The summed E-state index contributed by atoms with van der Waals surface area (Å²) in [5.74, 6) is -0.962. The number of aromatic nitrogens is 3. The quantitative estimate of drug-likeness (QED) is 0.0763. The lowest BCUT2D eigenvalue weighted by Gasteiger charge is -2.09. The molecule has 0 aliphatic carbocycles. The van der Waals surface area contributed by atoms with Gasteiger partial charge in [0.05, 0.1) is 23.0 Å². The molecule has 242 valence electrons. The number of fused-ring (bicyclic) bond motifs is 1. The summed E-state index contributed by atoms with van der Waals surface area (Å²) in [4.78, 5) is 27.1. The zero-order chi connectivity index (χ0) is 33.1. The van der Waals surface area contributed by atoms with Crippen molar-refractivity contribution in [1.82, 2.24) is 14.5 Å². The van der Waals surface area contributed by atoms with Crippen LogP contribution >= 0.6 is 11.6 Å². The molecule has 2 aromatic heterocycles. The summed E-state index contributed by atoms with van der Waals surface area (Å²) in [5, 5.41) is 0.550. The summed E-state index contributed by atoms with van der Waals surface area (Å²) in [6.45, 7) is 2.77. The average molecular weight is 645 g/mol. The highest BCUT2D eigenvalue weighted by Crippen LogP contribution is 2.31. The monoisotopic (exact) mass is 644 g/mol. The van der Waals surface area contributed by atoms with Crippen molar-refractivity contribution < 1.29 is 13.5 Å². The van der Waals surface area contributed by atoms with E-state index in [1.54, 1.807) is 30.3 Å². The van der Waals surface area contributed by atoms with Gasteiger partial charge in [-0.2, -0.15) is 4.98 Å². The van der Waals surface area contributed by atoms with Crippen LogP contribution in [0.2, 0.25) is 5.02 Å². The number of nitrogens with two attached hydrogens (primary N) is 5. The second-order valence-electron chi connectivity index (χ2n) is 10.3. The molecule has 2 heterocycles. The van der Waals surface area contributed by atoms with E-state index in [1.807, 2.05) is 6.92 Å². The Balaban J connectivity index is 0.00000102. The highest BCUT2D eigenvalue weighted by molar-refractivity contribution is 6.31. The molecule has 0 amide bonds. The number of rotatable bonds is 12. The van der Waals surface area contributed by atoms with Gasteiger partial charge in [0.15, 0.2) is 17.7 Å². The van der Waals surface area contributed by atoms with E-state index in [-0.39, 0.29) is 40.8 Å². The fraction of sp³-hybridized carbons (Fsp3) is 0.333. The maximum absolute atomic E-state index is 15.0. The molecule has 1 atom stereocenters. The van der Waals surface area contributed by atoms with Crippen LogP contribution in [0.15, 0.2) is 57.4 Å². The molecule has 4 aromatic rings. The van der Waals surface area contributed by atoms with E-state index in [2.05, 4.69) is 20.0 Å². The SMILES string of the molecule is CC(N)CCCc1cc(Cl)c(F)c(-c2cc3cn(-c4ccc(COCCCN=C(N)N)c(F)c4)c(=O)nc3[nH]2)c1.CN=C(N)N. The van der Waals surface area contributed by atoms with Gasteiger partial charge in [0.25, 0.3) is 0 Å². The van der Waals surface area contributed by atoms with Gasteiger partial charge in [0, 0.05) is 49.0 Å². The molecule has 0 bridgehead atoms. The zero-order valence-corrected chi connectivity index (χ0v) is 26.0. The van der Waals surface area contributed by atoms with Crippen molar-refractivity contribution in [2.24, 2.45) is 38.7 Å². The van der Waals surface area contributed by atoms with Crippen molar-refractivity contribution in [3.05, 3.63) is 80.9 Å². The third kappa shape index (κ3) is 10.3. The Morgan fingerprint density at radius 3 is 2.49 bits per heavy atom. The second kappa shape index (κ2) is 16.5. The summed E-state index contributed by atoms with van der Waals surface area (Å²) >= 11 is 6.19. The smallest absolute Gasteiger partial charge is 0.354 e. The molecule has 11 N–H and O–H groups in total. The van der Waals surface area contributed by atoms with E-state index >= 15 is 4.39 Å². The number of halogens is 3. The molecule has 45 heavy (non-hydrogen) atoms. The van der Waals surface area contributed by atoms with Gasteiger partial charge < -0.3 is 38.4 Å². The first-order valence-electron chi connectivity index (χ1n) is 14.2. The van der Waals surface area contributed by atoms with Crippen LogP contribution in [0.25, 0.3) is 28.0 Å². The van der Waals surface area contributed by atoms with Crippen LogP contribution in [0.1, 0.15) is 37.3 Å². The van der Waals surface area contributed by atoms with E-state index in [1.165, 1.54) is 23.9 Å². The van der Waals surface area contributed by atoms with Gasteiger partial charge in [0.1, 0.15) is 11.5 Å². The van der Waals surface area contributed by atoms with Crippen LogP contribution in [-0.4, -0.2) is 52.7 Å². The number of nitrogens with one attached hydrogen (secondary N) is 1. The molecule has 0 aliphatic heterocycles. The fourth-order valence-electron chi connectivity index (χ4n) is 4.30. The third-order valence-corrected chi connectivity index (χ3v) is 6.86. The molecule has 4 rings (SSSR count). The third-order valence-electron chi connectivity index (χ3n) is 6.58. The number of nitrogens with zero attached hydrogens (tertiary/aromatic N) is 4. The predicted molar refractivity (Wildman–Crippen MR) is 175 cm³/mol. The van der Waals surface area contributed by atoms with Gasteiger partial charge >= 0.3 is 5.69 Å². The summed E-state index contributed by atoms with van der Waals surface area (Å²) < 4.78 is 36.5. The standard InChI is InChI=1S/C28H32ClF2N7O2.C2H7N3/c1-16(32)4-2-5-17-10-21(25(31)22(29)11-17)24-12-19-14-38(28(39)37-26(19)36-24)20-7-6-18(23(30)13-20)15-40-9-3-8-35-27(33)34;1-5-2(3)4/h6-7,10-14,16H,2-5,8-9,15,32H2,1H3,(H4,33,34,35)(H,36,37,39);1H3,(H4,3,4,5). The van der Waals surface area contributed by atoms with E-state index in [9.17, 15) is 9.18 Å². The largest absolute Gasteiger partial charge is 0.377 e. The van der Waals surface area contributed by atoms with Crippen molar-refractivity contribution >= 4 is 34.6 Å². The lowest BCUT2D eigenvalue weighted by molar-refractivity contribution is 0.117. The molecule has 2 aromatic carbocycles. The van der Waals surface area contributed by atoms with Crippen molar-refractivity contribution in [2.75, 3.05) is 20.2 Å². The van der Waals surface area contributed by atoms with E-state index in [0.29, 0.717) is 48.3 Å². The van der Waals surface area contributed by atoms with Crippen LogP contribution in [0.3, 0.4) is 0 Å². The molecule has 12 nitrogen and oxygen atoms in total. The molecule has 15 heteroatoms. The molecule has 0 saturated heterocycles. The summed E-state index contributed by atoms with van der Waals surface area (Å²) in [6.07, 6.45) is 4.49. The number of aromatic amines is 1. The molecule has 0 radical (unpaired) electrons. The predicted octanol–water partition coefficient (Wildman–Crippen LogP) is 3.05. The van der Waals surface area contributed by atoms with E-state index in [4.69, 9.17) is 45.0 Å². The lowest BCUT2D eigenvalue weighted by atomic mass is 10.0. The summed E-state index contributed by atoms with van der Waals surface area (Å²) in [5.41, 5.74) is 27.9. The minimum atomic E-state index is -0.618. The van der Waals surface area contributed by atoms with Crippen molar-refractivity contribution in [3.8, 4) is 16.9 Å². The molecule has 0 fully saturated rings. The van der Waals surface area contributed by atoms with Gasteiger partial charge in [-0.3, -0.25) is 14.6 Å². The summed E-state index contributed by atoms with van der Waals surface area (Å²) in [6, 6.07) is 9.50. The number of aryl methyl sites for hydroxylation is 1. The fourth-order valence-corrected chi connectivity index (χ4v) is 4.54. The van der Waals surface area contributed by atoms with E-state index in [0.717, 1.165) is 18.4 Å². The van der Waals surface area contributed by atoms with Crippen molar-refractivity contribution in [1.29, 1.82) is 0 Å². The average Bonchev–Trinajstić information content (AvgIpc) is 3.39. The van der Waals surface area contributed by atoms with Gasteiger partial charge in [0.2, 0.25) is 0 Å². The number of benzene rings is 2. The normalized spacial score (nSPS) is 11.5. The Bertz CT molecular complexity index is 1710. The molecular weight excluding hydrogens is 606 g/mol. The second-order valence-corrected chi connectivity index (χ2v) is 10.7. The first kappa shape index (κ1) is 35.0. The summed E-state index contributed by atoms with van der Waals surface area (Å²) in [7, 11) is 1.54. The van der Waals surface area contributed by atoms with Crippen molar-refractivity contribution in [3.63, 3.8) is 0 Å². The van der Waals surface area contributed by atoms with Gasteiger partial charge in [-0.05, 0) is 68.5 Å². The number of guanidine groups is 2. The van der Waals surface area contributed by atoms with Gasteiger partial charge in [-0.15, -0.1) is 0 Å². The Morgan fingerprint density at radius 2 is 1.84 bits per heavy atom. The Morgan fingerprint density at radius 1 is 1.11 bits per heavy atom. The van der Waals surface area contributed by atoms with Crippen molar-refractivity contribution in [2.45, 2.75) is 45.3 Å². The lowest BCUT2D eigenvalue weighted by Crippen LogP contribution is -2.23. The minimum absolute atomic E-state index is 0.00722. The Hall–Kier alpha value is -4.53. The highest BCUT2D eigenvalue weighted by atomic mass is 35.5. The Kier molecular flexibility index (Phi) is 12.8. The highest BCUT2D eigenvalue weighted by Gasteiger charge is 2.16. The zero-order valence-electron chi connectivity index (χ0n) is 25.2.